The van der Waals surface area contributed by atoms with Gasteiger partial charge in [0.15, 0.2) is 0 Å². The lowest BCUT2D eigenvalue weighted by Crippen LogP contribution is -2.32. The van der Waals surface area contributed by atoms with Crippen molar-refractivity contribution in [3.8, 4) is 5.75 Å². The number of rotatable bonds is 5. The predicted molar refractivity (Wildman–Crippen MR) is 69.5 cm³/mol. The second-order valence-corrected chi connectivity index (χ2v) is 4.54. The highest BCUT2D eigenvalue weighted by atomic mass is 19.1. The van der Waals surface area contributed by atoms with Crippen molar-refractivity contribution in [1.29, 1.82) is 0 Å². The maximum atomic E-state index is 13.2. The summed E-state index contributed by atoms with van der Waals surface area (Å²) in [6.45, 7) is 3.93. The number of nitrogens with zero attached hydrogens (tertiary/aromatic N) is 1. The Labute approximate surface area is 111 Å². The van der Waals surface area contributed by atoms with Gasteiger partial charge in [0.2, 0.25) is 0 Å². The van der Waals surface area contributed by atoms with E-state index in [9.17, 15) is 9.18 Å². The third kappa shape index (κ3) is 3.35. The van der Waals surface area contributed by atoms with Gasteiger partial charge in [-0.15, -0.1) is 0 Å². The summed E-state index contributed by atoms with van der Waals surface area (Å²) >= 11 is 0. The molecule has 0 saturated carbocycles. The second-order valence-electron chi connectivity index (χ2n) is 4.54. The van der Waals surface area contributed by atoms with Crippen LogP contribution in [0, 0.1) is 5.82 Å². The van der Waals surface area contributed by atoms with E-state index in [1.54, 1.807) is 11.0 Å². The number of carbonyl (C=O) groups is 1. The summed E-state index contributed by atoms with van der Waals surface area (Å²) in [6, 6.07) is 3.99. The molecule has 1 atom stereocenters. The van der Waals surface area contributed by atoms with E-state index in [0.717, 1.165) is 5.56 Å². The van der Waals surface area contributed by atoms with Crippen LogP contribution in [0.2, 0.25) is 0 Å². The van der Waals surface area contributed by atoms with E-state index in [1.807, 2.05) is 6.92 Å². The lowest BCUT2D eigenvalue weighted by Gasteiger charge is -2.17. The highest BCUT2D eigenvalue weighted by molar-refractivity contribution is 5.76. The number of hydrogen-bond acceptors (Lipinski definition) is 3. The largest absolute Gasteiger partial charge is 0.491 e. The van der Waals surface area contributed by atoms with Crippen LogP contribution in [-0.4, -0.2) is 37.2 Å². The Kier molecular flexibility index (Phi) is 4.21. The SMILES string of the molecule is C[C@@H](N)c1ccc(F)cc1OCCN1CCNC1=O. The van der Waals surface area contributed by atoms with Gasteiger partial charge in [-0.2, -0.15) is 0 Å². The Morgan fingerprint density at radius 3 is 3.00 bits per heavy atom. The molecule has 2 rings (SSSR count). The molecule has 0 unspecified atom stereocenters. The number of carbonyl (C=O) groups excluding carboxylic acids is 1. The summed E-state index contributed by atoms with van der Waals surface area (Å²) in [5.74, 6) is 0.0768. The maximum absolute atomic E-state index is 13.2. The fraction of sp³-hybridized carbons (Fsp3) is 0.462. The van der Waals surface area contributed by atoms with Gasteiger partial charge in [-0.25, -0.2) is 9.18 Å². The summed E-state index contributed by atoms with van der Waals surface area (Å²) in [5.41, 5.74) is 6.56. The van der Waals surface area contributed by atoms with Crippen molar-refractivity contribution in [3.63, 3.8) is 0 Å². The molecule has 5 nitrogen and oxygen atoms in total. The molecule has 1 saturated heterocycles. The van der Waals surface area contributed by atoms with E-state index in [1.165, 1.54) is 12.1 Å². The van der Waals surface area contributed by atoms with E-state index in [2.05, 4.69) is 5.32 Å². The Hall–Kier alpha value is -1.82. The van der Waals surface area contributed by atoms with E-state index < -0.39 is 0 Å². The molecule has 1 aliphatic rings. The van der Waals surface area contributed by atoms with Crippen LogP contribution >= 0.6 is 0 Å². The molecule has 3 N–H and O–H groups in total. The number of nitrogens with two attached hydrogens (primary N) is 1. The van der Waals surface area contributed by atoms with Crippen LogP contribution in [0.1, 0.15) is 18.5 Å². The number of ether oxygens (including phenoxy) is 1. The zero-order valence-corrected chi connectivity index (χ0v) is 10.9. The molecule has 0 bridgehead atoms. The smallest absolute Gasteiger partial charge is 0.317 e. The molecule has 6 heteroatoms. The molecule has 0 aliphatic carbocycles. The normalized spacial score (nSPS) is 16.4. The quantitative estimate of drug-likeness (QED) is 0.843. The predicted octanol–water partition coefficient (Wildman–Crippen LogP) is 1.25. The zero-order valence-electron chi connectivity index (χ0n) is 10.9. The van der Waals surface area contributed by atoms with E-state index >= 15 is 0 Å². The van der Waals surface area contributed by atoms with Gasteiger partial charge in [-0.3, -0.25) is 0 Å². The first-order valence-electron chi connectivity index (χ1n) is 6.28. The first-order valence-corrected chi connectivity index (χ1v) is 6.28. The molecule has 0 spiro atoms. The fourth-order valence-electron chi connectivity index (χ4n) is 2.00. The lowest BCUT2D eigenvalue weighted by molar-refractivity contribution is 0.202. The van der Waals surface area contributed by atoms with Gasteiger partial charge >= 0.3 is 6.03 Å². The first kappa shape index (κ1) is 13.6. The molecule has 1 heterocycles. The molecular formula is C13H18FN3O2. The van der Waals surface area contributed by atoms with Crippen molar-refractivity contribution >= 4 is 6.03 Å². The first-order chi connectivity index (χ1) is 9.08. The Bertz CT molecular complexity index is 465. The second kappa shape index (κ2) is 5.88. The molecule has 104 valence electrons. The number of amides is 2. The minimum absolute atomic E-state index is 0.0877. The maximum Gasteiger partial charge on any atom is 0.317 e. The third-order valence-corrected chi connectivity index (χ3v) is 3.03. The number of halogens is 1. The molecule has 1 fully saturated rings. The van der Waals surface area contributed by atoms with Crippen LogP contribution < -0.4 is 15.8 Å². The van der Waals surface area contributed by atoms with Gasteiger partial charge in [0.25, 0.3) is 0 Å². The minimum Gasteiger partial charge on any atom is -0.491 e. The zero-order chi connectivity index (χ0) is 13.8. The molecule has 0 aromatic heterocycles. The van der Waals surface area contributed by atoms with Crippen LogP contribution in [0.5, 0.6) is 5.75 Å². The summed E-state index contributed by atoms with van der Waals surface area (Å²) in [6.07, 6.45) is 0. The van der Waals surface area contributed by atoms with Crippen molar-refractivity contribution in [2.24, 2.45) is 5.73 Å². The summed E-state index contributed by atoms with van der Waals surface area (Å²) in [4.78, 5) is 13.0. The highest BCUT2D eigenvalue weighted by Gasteiger charge is 2.19. The lowest BCUT2D eigenvalue weighted by atomic mass is 10.1. The summed E-state index contributed by atoms with van der Waals surface area (Å²) in [5, 5.41) is 2.71. The average molecular weight is 267 g/mol. The topological polar surface area (TPSA) is 67.6 Å². The monoisotopic (exact) mass is 267 g/mol. The van der Waals surface area contributed by atoms with E-state index in [-0.39, 0.29) is 17.9 Å². The van der Waals surface area contributed by atoms with Gasteiger partial charge < -0.3 is 20.7 Å². The number of nitrogens with one attached hydrogen (secondary N) is 1. The highest BCUT2D eigenvalue weighted by Crippen LogP contribution is 2.24. The molecular weight excluding hydrogens is 249 g/mol. The van der Waals surface area contributed by atoms with Crippen molar-refractivity contribution in [3.05, 3.63) is 29.6 Å². The van der Waals surface area contributed by atoms with Gasteiger partial charge in [0.1, 0.15) is 18.2 Å². The van der Waals surface area contributed by atoms with Crippen molar-refractivity contribution in [1.82, 2.24) is 10.2 Å². The van der Waals surface area contributed by atoms with Crippen molar-refractivity contribution in [2.45, 2.75) is 13.0 Å². The third-order valence-electron chi connectivity index (χ3n) is 3.03. The Balaban J connectivity index is 1.95. The van der Waals surface area contributed by atoms with Crippen LogP contribution in [-0.2, 0) is 0 Å². The van der Waals surface area contributed by atoms with Crippen LogP contribution in [0.3, 0.4) is 0 Å². The number of urea groups is 1. The van der Waals surface area contributed by atoms with Gasteiger partial charge in [0.05, 0.1) is 6.54 Å². The molecule has 2 amide bonds. The van der Waals surface area contributed by atoms with Gasteiger partial charge in [-0.1, -0.05) is 6.07 Å². The Morgan fingerprint density at radius 2 is 2.37 bits per heavy atom. The van der Waals surface area contributed by atoms with Crippen LogP contribution in [0.25, 0.3) is 0 Å². The summed E-state index contributed by atoms with van der Waals surface area (Å²) < 4.78 is 18.8. The molecule has 1 aromatic carbocycles. The van der Waals surface area contributed by atoms with E-state index in [0.29, 0.717) is 32.0 Å². The molecule has 1 aliphatic heterocycles. The summed E-state index contributed by atoms with van der Waals surface area (Å²) in [7, 11) is 0. The fourth-order valence-corrected chi connectivity index (χ4v) is 2.00. The van der Waals surface area contributed by atoms with Crippen molar-refractivity contribution < 1.29 is 13.9 Å². The standard InChI is InChI=1S/C13H18FN3O2/c1-9(15)11-3-2-10(14)8-12(11)19-7-6-17-5-4-16-13(17)18/h2-3,8-9H,4-7,15H2,1H3,(H,16,18)/t9-/m1/s1. The number of hydrogen-bond donors (Lipinski definition) is 2. The molecule has 0 radical (unpaired) electrons. The average Bonchev–Trinajstić information content (AvgIpc) is 2.75. The number of benzene rings is 1. The minimum atomic E-state index is -0.363. The van der Waals surface area contributed by atoms with Crippen molar-refractivity contribution in [2.75, 3.05) is 26.2 Å². The Morgan fingerprint density at radius 1 is 1.58 bits per heavy atom. The molecule has 19 heavy (non-hydrogen) atoms. The molecule has 1 aromatic rings. The van der Waals surface area contributed by atoms with Crippen LogP contribution in [0.15, 0.2) is 18.2 Å². The van der Waals surface area contributed by atoms with Crippen LogP contribution in [0.4, 0.5) is 9.18 Å². The van der Waals surface area contributed by atoms with Gasteiger partial charge in [0, 0.05) is 30.8 Å². The van der Waals surface area contributed by atoms with E-state index in [4.69, 9.17) is 10.5 Å². The van der Waals surface area contributed by atoms with Gasteiger partial charge in [-0.05, 0) is 13.0 Å².